The first kappa shape index (κ1) is 19.2. The van der Waals surface area contributed by atoms with E-state index in [1.807, 2.05) is 12.1 Å². The molecule has 1 amide bonds. The van der Waals surface area contributed by atoms with Crippen LogP contribution in [0.25, 0.3) is 0 Å². The van der Waals surface area contributed by atoms with E-state index in [9.17, 15) is 18.0 Å². The molecule has 2 aromatic carbocycles. The molecule has 0 saturated heterocycles. The lowest BCUT2D eigenvalue weighted by molar-refractivity contribution is -0.138. The van der Waals surface area contributed by atoms with Crippen LogP contribution in [0.15, 0.2) is 48.5 Å². The number of carbonyl (C=O) groups is 1. The minimum absolute atomic E-state index is 0.226. The van der Waals surface area contributed by atoms with Crippen molar-refractivity contribution < 1.29 is 18.0 Å². The minimum atomic E-state index is -4.39. The van der Waals surface area contributed by atoms with Gasteiger partial charge in [0.05, 0.1) is 11.1 Å². The highest BCUT2D eigenvalue weighted by molar-refractivity contribution is 14.1. The molecule has 0 aromatic heterocycles. The number of benzene rings is 2. The highest BCUT2D eigenvalue weighted by Gasteiger charge is 2.38. The van der Waals surface area contributed by atoms with Gasteiger partial charge < -0.3 is 5.32 Å². The Morgan fingerprint density at radius 2 is 1.65 bits per heavy atom. The lowest BCUT2D eigenvalue weighted by Gasteiger charge is -2.34. The Kier molecular flexibility index (Phi) is 5.89. The monoisotopic (exact) mass is 473 g/mol. The summed E-state index contributed by atoms with van der Waals surface area (Å²) in [5, 5.41) is 2.99. The van der Waals surface area contributed by atoms with Gasteiger partial charge >= 0.3 is 6.18 Å². The Hall–Kier alpha value is -1.57. The maximum Gasteiger partial charge on any atom is 0.416 e. The number of hydrogen-bond acceptors (Lipinski definition) is 1. The van der Waals surface area contributed by atoms with E-state index in [-0.39, 0.29) is 23.4 Å². The predicted octanol–water partition coefficient (Wildman–Crippen LogP) is 5.77. The van der Waals surface area contributed by atoms with Crippen molar-refractivity contribution in [1.82, 2.24) is 5.32 Å². The van der Waals surface area contributed by atoms with Crippen molar-refractivity contribution in [2.45, 2.75) is 43.8 Å². The average molecular weight is 473 g/mol. The van der Waals surface area contributed by atoms with E-state index in [2.05, 4.69) is 27.9 Å². The largest absolute Gasteiger partial charge is 0.416 e. The number of rotatable bonds is 3. The average Bonchev–Trinajstić information content (AvgIpc) is 2.62. The van der Waals surface area contributed by atoms with Gasteiger partial charge in [-0.15, -0.1) is 0 Å². The zero-order valence-electron chi connectivity index (χ0n) is 14.0. The van der Waals surface area contributed by atoms with Gasteiger partial charge in [-0.1, -0.05) is 43.2 Å². The SMILES string of the molecule is O=C(N[C@@H]1CCCC[C@H]1c1ccccc1C(F)(F)F)c1ccccc1I. The van der Waals surface area contributed by atoms with Gasteiger partial charge in [-0.05, 0) is 59.2 Å². The fourth-order valence-corrected chi connectivity index (χ4v) is 4.28. The van der Waals surface area contributed by atoms with Crippen LogP contribution in [-0.2, 0) is 6.18 Å². The van der Waals surface area contributed by atoms with Crippen molar-refractivity contribution in [3.8, 4) is 0 Å². The summed E-state index contributed by atoms with van der Waals surface area (Å²) in [7, 11) is 0. The van der Waals surface area contributed by atoms with Gasteiger partial charge in [0.1, 0.15) is 0 Å². The number of carbonyl (C=O) groups excluding carboxylic acids is 1. The quantitative estimate of drug-likeness (QED) is 0.564. The molecule has 2 nitrogen and oxygen atoms in total. The summed E-state index contributed by atoms with van der Waals surface area (Å²) in [6.07, 6.45) is -1.29. The molecule has 1 fully saturated rings. The summed E-state index contributed by atoms with van der Waals surface area (Å²) < 4.78 is 41.1. The highest BCUT2D eigenvalue weighted by Crippen LogP contribution is 2.40. The molecule has 0 spiro atoms. The molecule has 0 radical (unpaired) electrons. The Labute approximate surface area is 164 Å². The third-order valence-corrected chi connectivity index (χ3v) is 5.81. The second-order valence-corrected chi connectivity index (χ2v) is 7.70. The lowest BCUT2D eigenvalue weighted by Crippen LogP contribution is -2.41. The van der Waals surface area contributed by atoms with Gasteiger partial charge in [-0.3, -0.25) is 4.79 Å². The normalized spacial score (nSPS) is 20.6. The summed E-state index contributed by atoms with van der Waals surface area (Å²) in [6.45, 7) is 0. The molecule has 3 rings (SSSR count). The fourth-order valence-electron chi connectivity index (χ4n) is 3.65. The van der Waals surface area contributed by atoms with Crippen LogP contribution in [-0.4, -0.2) is 11.9 Å². The molecule has 26 heavy (non-hydrogen) atoms. The summed E-state index contributed by atoms with van der Waals surface area (Å²) in [4.78, 5) is 12.7. The molecule has 1 aliphatic rings. The molecule has 2 aromatic rings. The van der Waals surface area contributed by atoms with Crippen molar-refractivity contribution in [3.63, 3.8) is 0 Å². The third-order valence-electron chi connectivity index (χ3n) is 4.87. The minimum Gasteiger partial charge on any atom is -0.349 e. The molecule has 0 heterocycles. The Morgan fingerprint density at radius 3 is 2.38 bits per heavy atom. The second-order valence-electron chi connectivity index (χ2n) is 6.54. The molecule has 138 valence electrons. The Morgan fingerprint density at radius 1 is 1.00 bits per heavy atom. The van der Waals surface area contributed by atoms with Crippen molar-refractivity contribution in [1.29, 1.82) is 0 Å². The van der Waals surface area contributed by atoms with E-state index in [1.165, 1.54) is 6.07 Å². The van der Waals surface area contributed by atoms with Crippen LogP contribution in [0.1, 0.15) is 53.1 Å². The highest BCUT2D eigenvalue weighted by atomic mass is 127. The molecule has 6 heteroatoms. The summed E-state index contributed by atoms with van der Waals surface area (Å²) >= 11 is 2.09. The second kappa shape index (κ2) is 7.98. The zero-order valence-corrected chi connectivity index (χ0v) is 16.2. The summed E-state index contributed by atoms with van der Waals surface area (Å²) in [5.74, 6) is -0.553. The molecule has 2 atom stereocenters. The summed E-state index contributed by atoms with van der Waals surface area (Å²) in [6, 6.07) is 12.6. The van der Waals surface area contributed by atoms with Crippen LogP contribution in [0.2, 0.25) is 0 Å². The third kappa shape index (κ3) is 4.22. The topological polar surface area (TPSA) is 29.1 Å². The van der Waals surface area contributed by atoms with E-state index in [4.69, 9.17) is 0 Å². The van der Waals surface area contributed by atoms with Crippen molar-refractivity contribution >= 4 is 28.5 Å². The molecule has 1 saturated carbocycles. The lowest BCUT2D eigenvalue weighted by atomic mass is 9.78. The van der Waals surface area contributed by atoms with E-state index in [0.29, 0.717) is 18.4 Å². The van der Waals surface area contributed by atoms with E-state index >= 15 is 0 Å². The van der Waals surface area contributed by atoms with Gasteiger partial charge in [0.15, 0.2) is 0 Å². The first-order valence-electron chi connectivity index (χ1n) is 8.59. The van der Waals surface area contributed by atoms with Crippen molar-refractivity contribution in [2.24, 2.45) is 0 Å². The molecule has 1 aliphatic carbocycles. The molecule has 0 unspecified atom stereocenters. The maximum absolute atomic E-state index is 13.4. The molecular formula is C20H19F3INO. The maximum atomic E-state index is 13.4. The molecular weight excluding hydrogens is 454 g/mol. The molecule has 0 bridgehead atoms. The molecule has 1 N–H and O–H groups in total. The summed E-state index contributed by atoms with van der Waals surface area (Å²) in [5.41, 5.74) is 0.245. The number of alkyl halides is 3. The van der Waals surface area contributed by atoms with Crippen LogP contribution in [0.4, 0.5) is 13.2 Å². The van der Waals surface area contributed by atoms with Crippen LogP contribution in [0.3, 0.4) is 0 Å². The van der Waals surface area contributed by atoms with Crippen LogP contribution < -0.4 is 5.32 Å². The van der Waals surface area contributed by atoms with Gasteiger partial charge in [0.25, 0.3) is 5.91 Å². The van der Waals surface area contributed by atoms with E-state index in [1.54, 1.807) is 24.3 Å². The van der Waals surface area contributed by atoms with Crippen LogP contribution >= 0.6 is 22.6 Å². The number of hydrogen-bond donors (Lipinski definition) is 1. The van der Waals surface area contributed by atoms with Crippen LogP contribution in [0.5, 0.6) is 0 Å². The number of nitrogens with one attached hydrogen (secondary N) is 1. The molecule has 0 aliphatic heterocycles. The van der Waals surface area contributed by atoms with E-state index < -0.39 is 11.7 Å². The van der Waals surface area contributed by atoms with Gasteiger partial charge in [0, 0.05) is 15.5 Å². The van der Waals surface area contributed by atoms with Gasteiger partial charge in [-0.2, -0.15) is 13.2 Å². The number of amides is 1. The standard InChI is InChI=1S/C20H19F3INO/c21-20(22,23)16-10-4-1-7-13(16)14-8-3-6-12-18(14)25-19(26)15-9-2-5-11-17(15)24/h1-2,4-5,7,9-11,14,18H,3,6,8,12H2,(H,25,26)/t14-,18+/m0/s1. The fraction of sp³-hybridized carbons (Fsp3) is 0.350. The van der Waals surface area contributed by atoms with Crippen LogP contribution in [0, 0.1) is 3.57 Å². The Balaban J connectivity index is 1.88. The van der Waals surface area contributed by atoms with Gasteiger partial charge in [-0.25, -0.2) is 0 Å². The van der Waals surface area contributed by atoms with E-state index in [0.717, 1.165) is 22.5 Å². The first-order chi connectivity index (χ1) is 12.4. The van der Waals surface area contributed by atoms with Gasteiger partial charge in [0.2, 0.25) is 0 Å². The number of halogens is 4. The predicted molar refractivity (Wildman–Crippen MR) is 103 cm³/mol. The first-order valence-corrected chi connectivity index (χ1v) is 9.67. The smallest absolute Gasteiger partial charge is 0.349 e. The van der Waals surface area contributed by atoms with Crippen molar-refractivity contribution in [3.05, 3.63) is 68.8 Å². The zero-order chi connectivity index (χ0) is 18.7. The van der Waals surface area contributed by atoms with Crippen molar-refractivity contribution in [2.75, 3.05) is 0 Å². The Bertz CT molecular complexity index is 791.